The largest absolute Gasteiger partial charge is 0.398 e. The Hall–Kier alpha value is -5.64. The van der Waals surface area contributed by atoms with Crippen molar-refractivity contribution in [2.75, 3.05) is 5.73 Å². The first-order chi connectivity index (χ1) is 24.7. The number of nitro benzene ring substituents is 3. The highest BCUT2D eigenvalue weighted by atomic mass is 16.6. The Balaban J connectivity index is 0.000000250. The van der Waals surface area contributed by atoms with Crippen molar-refractivity contribution < 1.29 is 14.8 Å². The highest BCUT2D eigenvalue weighted by Crippen LogP contribution is 2.33. The second kappa shape index (κ2) is 17.9. The van der Waals surface area contributed by atoms with Gasteiger partial charge in [-0.05, 0) is 43.7 Å². The smallest absolute Gasteiger partial charge is 0.273 e. The number of fused-ring (bicyclic) bond motifs is 1. The minimum Gasteiger partial charge on any atom is -0.398 e. The summed E-state index contributed by atoms with van der Waals surface area (Å²) in [5.74, 6) is 0. The summed E-state index contributed by atoms with van der Waals surface area (Å²) in [5.41, 5.74) is 11.7. The first-order valence-electron chi connectivity index (χ1n) is 17.8. The van der Waals surface area contributed by atoms with E-state index in [0.29, 0.717) is 0 Å². The molecule has 5 rings (SSSR count). The van der Waals surface area contributed by atoms with Crippen LogP contribution in [0, 0.1) is 30.3 Å². The molecule has 0 atom stereocenters. The minimum absolute atomic E-state index is 0.0357. The average Bonchev–Trinajstić information content (AvgIpc) is 3.08. The van der Waals surface area contributed by atoms with E-state index in [1.807, 2.05) is 65.8 Å². The Labute approximate surface area is 319 Å². The molecule has 0 saturated heterocycles. The molecule has 10 heteroatoms. The number of nitrogen functional groups attached to an aromatic ring is 1. The van der Waals surface area contributed by atoms with Gasteiger partial charge in [0.25, 0.3) is 17.1 Å². The lowest BCUT2D eigenvalue weighted by molar-refractivity contribution is -0.386. The maximum Gasteiger partial charge on any atom is 0.273 e. The lowest BCUT2D eigenvalue weighted by atomic mass is 9.84. The Bertz CT molecular complexity index is 2050. The molecular weight excluding hydrogens is 681 g/mol. The van der Waals surface area contributed by atoms with Crippen molar-refractivity contribution in [1.82, 2.24) is 0 Å². The van der Waals surface area contributed by atoms with Crippen LogP contribution in [0.3, 0.4) is 0 Å². The highest BCUT2D eigenvalue weighted by molar-refractivity contribution is 5.94. The number of nitro groups is 3. The van der Waals surface area contributed by atoms with Crippen LogP contribution in [0.25, 0.3) is 10.8 Å². The van der Waals surface area contributed by atoms with Gasteiger partial charge in [0.1, 0.15) is 0 Å². The SMILES string of the molecule is CC(C)(C)c1ccc([N+](=O)[O-])cc1.CC(C)(C)c1ccc2ccccc2c1N.CC(C)(C)c1cccc([N+](=O)[O-])c1.CC(C)(C)c1ccccc1[N+](=O)[O-]. The van der Waals surface area contributed by atoms with E-state index in [2.05, 4.69) is 65.8 Å². The number of rotatable bonds is 3. The highest BCUT2D eigenvalue weighted by Gasteiger charge is 2.23. The zero-order valence-corrected chi connectivity index (χ0v) is 33.8. The van der Waals surface area contributed by atoms with Crippen LogP contribution in [0.2, 0.25) is 0 Å². The van der Waals surface area contributed by atoms with Crippen LogP contribution in [-0.2, 0) is 21.7 Å². The van der Waals surface area contributed by atoms with Crippen LogP contribution in [0.4, 0.5) is 22.7 Å². The van der Waals surface area contributed by atoms with Crippen LogP contribution in [0.1, 0.15) is 105 Å². The van der Waals surface area contributed by atoms with Crippen LogP contribution >= 0.6 is 0 Å². The summed E-state index contributed by atoms with van der Waals surface area (Å²) in [6.45, 7) is 24.8. The summed E-state index contributed by atoms with van der Waals surface area (Å²) < 4.78 is 0. The normalized spacial score (nSPS) is 11.5. The number of non-ortho nitro benzene ring substituents is 2. The predicted molar refractivity (Wildman–Crippen MR) is 222 cm³/mol. The topological polar surface area (TPSA) is 155 Å². The maximum absolute atomic E-state index is 10.7. The fourth-order valence-electron chi connectivity index (χ4n) is 5.39. The van der Waals surface area contributed by atoms with Crippen LogP contribution in [-0.4, -0.2) is 14.8 Å². The minimum atomic E-state index is -0.383. The summed E-state index contributed by atoms with van der Waals surface area (Å²) in [6, 6.07) is 32.9. The summed E-state index contributed by atoms with van der Waals surface area (Å²) in [4.78, 5) is 30.4. The van der Waals surface area contributed by atoms with E-state index in [-0.39, 0.29) is 53.5 Å². The molecule has 288 valence electrons. The van der Waals surface area contributed by atoms with E-state index in [4.69, 9.17) is 5.73 Å². The summed E-state index contributed by atoms with van der Waals surface area (Å²) >= 11 is 0. The third-order valence-corrected chi connectivity index (χ3v) is 8.55. The quantitative estimate of drug-likeness (QED) is 0.110. The zero-order valence-electron chi connectivity index (χ0n) is 33.8. The lowest BCUT2D eigenvalue weighted by Gasteiger charge is -2.22. The Morgan fingerprint density at radius 3 is 1.41 bits per heavy atom. The van der Waals surface area contributed by atoms with Crippen LogP contribution in [0.15, 0.2) is 109 Å². The third-order valence-electron chi connectivity index (χ3n) is 8.55. The summed E-state index contributed by atoms with van der Waals surface area (Å²) in [7, 11) is 0. The van der Waals surface area contributed by atoms with Gasteiger partial charge in [0, 0.05) is 47.0 Å². The molecule has 54 heavy (non-hydrogen) atoms. The molecular formula is C44H56N4O6. The second-order valence-corrected chi connectivity index (χ2v) is 17.1. The van der Waals surface area contributed by atoms with E-state index >= 15 is 0 Å². The van der Waals surface area contributed by atoms with Gasteiger partial charge in [-0.15, -0.1) is 0 Å². The van der Waals surface area contributed by atoms with Gasteiger partial charge in [0.15, 0.2) is 0 Å². The number of nitrogens with two attached hydrogens (primary N) is 1. The molecule has 0 aliphatic carbocycles. The van der Waals surface area contributed by atoms with Gasteiger partial charge >= 0.3 is 0 Å². The second-order valence-electron chi connectivity index (χ2n) is 17.1. The van der Waals surface area contributed by atoms with Crippen molar-refractivity contribution in [3.8, 4) is 0 Å². The van der Waals surface area contributed by atoms with Crippen molar-refractivity contribution in [2.24, 2.45) is 0 Å². The lowest BCUT2D eigenvalue weighted by Crippen LogP contribution is -2.13. The van der Waals surface area contributed by atoms with E-state index in [9.17, 15) is 30.3 Å². The molecule has 0 fully saturated rings. The fourth-order valence-corrected chi connectivity index (χ4v) is 5.39. The maximum atomic E-state index is 10.7. The molecule has 5 aromatic carbocycles. The number of para-hydroxylation sites is 1. The standard InChI is InChI=1S/C14H17N.3C10H13NO2/c1-14(2,3)12-9-8-10-6-4-5-7-11(10)13(12)15;1-10(2,3)8-4-6-9(7-5-8)11(12)13;1-10(2,3)8-5-4-6-9(7-8)11(12)13;1-10(2,3)8-6-4-5-7-9(8)11(12)13/h4-9H,15H2,1-3H3;3*4-7H,1-3H3. The van der Waals surface area contributed by atoms with Gasteiger partial charge in [-0.2, -0.15) is 0 Å². The molecule has 0 bridgehead atoms. The van der Waals surface area contributed by atoms with E-state index in [1.165, 1.54) is 17.0 Å². The van der Waals surface area contributed by atoms with Crippen molar-refractivity contribution in [3.05, 3.63) is 162 Å². The van der Waals surface area contributed by atoms with Crippen molar-refractivity contribution in [3.63, 3.8) is 0 Å². The number of benzene rings is 5. The molecule has 0 spiro atoms. The number of nitrogens with zero attached hydrogens (tertiary/aromatic N) is 3. The van der Waals surface area contributed by atoms with Crippen molar-refractivity contribution >= 4 is 33.5 Å². The van der Waals surface area contributed by atoms with E-state index in [0.717, 1.165) is 27.8 Å². The Kier molecular flexibility index (Phi) is 14.8. The molecule has 0 amide bonds. The molecule has 0 radical (unpaired) electrons. The van der Waals surface area contributed by atoms with Gasteiger partial charge < -0.3 is 5.73 Å². The molecule has 5 aromatic rings. The molecule has 2 N–H and O–H groups in total. The fraction of sp³-hybridized carbons (Fsp3) is 0.364. The third kappa shape index (κ3) is 13.1. The molecule has 0 aromatic heterocycles. The number of anilines is 1. The first kappa shape index (κ1) is 44.5. The van der Waals surface area contributed by atoms with Crippen LogP contribution in [0.5, 0.6) is 0 Å². The summed E-state index contributed by atoms with van der Waals surface area (Å²) in [6.07, 6.45) is 0. The average molecular weight is 737 g/mol. The van der Waals surface area contributed by atoms with E-state index < -0.39 is 0 Å². The number of hydrogen-bond acceptors (Lipinski definition) is 7. The molecule has 0 unspecified atom stereocenters. The molecule has 0 saturated carbocycles. The zero-order chi connectivity index (χ0) is 41.2. The first-order valence-corrected chi connectivity index (χ1v) is 17.8. The van der Waals surface area contributed by atoms with Gasteiger partial charge in [-0.1, -0.05) is 162 Å². The van der Waals surface area contributed by atoms with E-state index in [1.54, 1.807) is 54.6 Å². The predicted octanol–water partition coefficient (Wildman–Crippen LogP) is 12.4. The molecule has 10 nitrogen and oxygen atoms in total. The van der Waals surface area contributed by atoms with Gasteiger partial charge in [0.05, 0.1) is 14.8 Å². The van der Waals surface area contributed by atoms with Crippen LogP contribution < -0.4 is 5.73 Å². The molecule has 0 aliphatic rings. The Morgan fingerprint density at radius 1 is 0.444 bits per heavy atom. The monoisotopic (exact) mass is 736 g/mol. The molecule has 0 aliphatic heterocycles. The van der Waals surface area contributed by atoms with Gasteiger partial charge in [-0.25, -0.2) is 0 Å². The van der Waals surface area contributed by atoms with Crippen molar-refractivity contribution in [2.45, 2.75) is 105 Å². The Morgan fingerprint density at radius 2 is 0.944 bits per heavy atom. The number of hydrogen-bond donors (Lipinski definition) is 1. The summed E-state index contributed by atoms with van der Waals surface area (Å²) in [5, 5.41) is 33.9. The molecule has 0 heterocycles. The van der Waals surface area contributed by atoms with Gasteiger partial charge in [0.2, 0.25) is 0 Å². The van der Waals surface area contributed by atoms with Crippen molar-refractivity contribution in [1.29, 1.82) is 0 Å². The van der Waals surface area contributed by atoms with Gasteiger partial charge in [-0.3, -0.25) is 30.3 Å².